The van der Waals surface area contributed by atoms with Crippen LogP contribution in [0.25, 0.3) is 10.9 Å². The molecule has 0 aliphatic rings. The van der Waals surface area contributed by atoms with E-state index in [1.54, 1.807) is 41.1 Å². The molecule has 0 spiro atoms. The van der Waals surface area contributed by atoms with Gasteiger partial charge < -0.3 is 4.74 Å². The second-order valence-corrected chi connectivity index (χ2v) is 6.16. The number of esters is 1. The number of carbonyl (C=O) groups is 1. The minimum Gasteiger partial charge on any atom is -0.465 e. The lowest BCUT2D eigenvalue weighted by Gasteiger charge is -2.06. The predicted molar refractivity (Wildman–Crippen MR) is 89.9 cm³/mol. The molecule has 0 amide bonds. The smallest absolute Gasteiger partial charge is 0.307 e. The number of aryl methyl sites for hydroxylation is 2. The fourth-order valence-electron chi connectivity index (χ4n) is 2.26. The van der Waals surface area contributed by atoms with Crippen LogP contribution in [0.1, 0.15) is 17.0 Å². The topological polar surface area (TPSA) is 87.0 Å². The van der Waals surface area contributed by atoms with E-state index < -0.39 is 0 Å². The van der Waals surface area contributed by atoms with E-state index in [0.717, 1.165) is 10.6 Å². The van der Waals surface area contributed by atoms with Crippen molar-refractivity contribution in [2.24, 2.45) is 0 Å². The highest BCUT2D eigenvalue weighted by molar-refractivity contribution is 7.09. The maximum atomic E-state index is 12.3. The summed E-state index contributed by atoms with van der Waals surface area (Å²) in [6.07, 6.45) is 0.729. The van der Waals surface area contributed by atoms with E-state index in [9.17, 15) is 9.59 Å². The van der Waals surface area contributed by atoms with E-state index in [1.165, 1.54) is 4.68 Å². The SMILES string of the molecule is Cc1ncsc1CCOC(=O)CCn1nnc2ccccc2c1=O. The molecule has 0 fully saturated rings. The zero-order chi connectivity index (χ0) is 16.9. The van der Waals surface area contributed by atoms with Gasteiger partial charge >= 0.3 is 5.97 Å². The van der Waals surface area contributed by atoms with Crippen molar-refractivity contribution in [3.05, 3.63) is 50.7 Å². The Hall–Kier alpha value is -2.61. The summed E-state index contributed by atoms with van der Waals surface area (Å²) < 4.78 is 6.39. The highest BCUT2D eigenvalue weighted by Crippen LogP contribution is 2.12. The largest absolute Gasteiger partial charge is 0.465 e. The number of fused-ring (bicyclic) bond motifs is 1. The molecule has 0 unspecified atom stereocenters. The third-order valence-electron chi connectivity index (χ3n) is 3.59. The zero-order valence-electron chi connectivity index (χ0n) is 13.1. The normalized spacial score (nSPS) is 10.9. The van der Waals surface area contributed by atoms with Crippen LogP contribution < -0.4 is 5.56 Å². The van der Waals surface area contributed by atoms with Crippen molar-refractivity contribution in [3.8, 4) is 0 Å². The van der Waals surface area contributed by atoms with Crippen molar-refractivity contribution in [2.75, 3.05) is 6.61 Å². The van der Waals surface area contributed by atoms with Crippen LogP contribution in [0.15, 0.2) is 34.6 Å². The lowest BCUT2D eigenvalue weighted by atomic mass is 10.2. The summed E-state index contributed by atoms with van der Waals surface area (Å²) in [7, 11) is 0. The number of rotatable bonds is 6. The number of hydrogen-bond donors (Lipinski definition) is 0. The first-order valence-electron chi connectivity index (χ1n) is 7.52. The van der Waals surface area contributed by atoms with Gasteiger partial charge in [-0.3, -0.25) is 9.59 Å². The van der Waals surface area contributed by atoms with Gasteiger partial charge in [-0.05, 0) is 19.1 Å². The van der Waals surface area contributed by atoms with E-state index in [1.807, 2.05) is 6.92 Å². The molecule has 124 valence electrons. The fourth-order valence-corrected chi connectivity index (χ4v) is 3.03. The second-order valence-electron chi connectivity index (χ2n) is 5.22. The zero-order valence-corrected chi connectivity index (χ0v) is 14.0. The van der Waals surface area contributed by atoms with E-state index in [2.05, 4.69) is 15.3 Å². The van der Waals surface area contributed by atoms with Gasteiger partial charge in [0.15, 0.2) is 0 Å². The average Bonchev–Trinajstić information content (AvgIpc) is 3.00. The second kappa shape index (κ2) is 7.31. The molecule has 0 atom stereocenters. The summed E-state index contributed by atoms with van der Waals surface area (Å²) >= 11 is 1.55. The van der Waals surface area contributed by atoms with Gasteiger partial charge in [-0.2, -0.15) is 0 Å². The Morgan fingerprint density at radius 3 is 2.96 bits per heavy atom. The molecule has 0 saturated heterocycles. The third kappa shape index (κ3) is 3.65. The van der Waals surface area contributed by atoms with Crippen LogP contribution in [0.4, 0.5) is 0 Å². The molecule has 0 aliphatic carbocycles. The van der Waals surface area contributed by atoms with Gasteiger partial charge in [-0.1, -0.05) is 17.3 Å². The van der Waals surface area contributed by atoms with Gasteiger partial charge in [0, 0.05) is 11.3 Å². The molecule has 8 heteroatoms. The maximum absolute atomic E-state index is 12.3. The molecule has 3 aromatic rings. The van der Waals surface area contributed by atoms with Crippen molar-refractivity contribution < 1.29 is 9.53 Å². The standard InChI is InChI=1S/C16H16N4O3S/c1-11-14(24-10-17-11)7-9-23-15(21)6-8-20-16(22)12-4-2-3-5-13(12)18-19-20/h2-5,10H,6-9H2,1H3. The number of hydrogen-bond acceptors (Lipinski definition) is 7. The summed E-state index contributed by atoms with van der Waals surface area (Å²) in [5.74, 6) is -0.362. The highest BCUT2D eigenvalue weighted by Gasteiger charge is 2.09. The van der Waals surface area contributed by atoms with Crippen LogP contribution in [0.5, 0.6) is 0 Å². The number of ether oxygens (including phenoxy) is 1. The molecule has 0 saturated carbocycles. The van der Waals surface area contributed by atoms with Gasteiger partial charge in [0.2, 0.25) is 0 Å². The summed E-state index contributed by atoms with van der Waals surface area (Å²) in [4.78, 5) is 29.3. The Kier molecular flexibility index (Phi) is 4.95. The van der Waals surface area contributed by atoms with E-state index >= 15 is 0 Å². The Labute approximate surface area is 141 Å². The molecule has 2 heterocycles. The number of carbonyl (C=O) groups excluding carboxylic acids is 1. The molecule has 3 rings (SSSR count). The third-order valence-corrected chi connectivity index (χ3v) is 4.59. The summed E-state index contributed by atoms with van der Waals surface area (Å²) in [6, 6.07) is 6.98. The van der Waals surface area contributed by atoms with Gasteiger partial charge in [0.1, 0.15) is 5.52 Å². The highest BCUT2D eigenvalue weighted by atomic mass is 32.1. The average molecular weight is 344 g/mol. The first kappa shape index (κ1) is 16.3. The van der Waals surface area contributed by atoms with Crippen LogP contribution in [0.2, 0.25) is 0 Å². The minimum absolute atomic E-state index is 0.0780. The Balaban J connectivity index is 1.54. The molecule has 1 aromatic carbocycles. The Morgan fingerprint density at radius 2 is 2.17 bits per heavy atom. The monoisotopic (exact) mass is 344 g/mol. The molecule has 24 heavy (non-hydrogen) atoms. The summed E-state index contributed by atoms with van der Waals surface area (Å²) in [5, 5.41) is 8.32. The van der Waals surface area contributed by atoms with Crippen molar-refractivity contribution >= 4 is 28.2 Å². The molecular formula is C16H16N4O3S. The van der Waals surface area contributed by atoms with E-state index in [4.69, 9.17) is 4.74 Å². The molecule has 0 bridgehead atoms. The van der Waals surface area contributed by atoms with Crippen molar-refractivity contribution in [2.45, 2.75) is 26.3 Å². The Morgan fingerprint density at radius 1 is 1.33 bits per heavy atom. The minimum atomic E-state index is -0.362. The lowest BCUT2D eigenvalue weighted by Crippen LogP contribution is -2.25. The van der Waals surface area contributed by atoms with Crippen molar-refractivity contribution in [3.63, 3.8) is 0 Å². The first-order valence-corrected chi connectivity index (χ1v) is 8.40. The molecular weight excluding hydrogens is 328 g/mol. The van der Waals surface area contributed by atoms with Gasteiger partial charge in [0.25, 0.3) is 5.56 Å². The first-order chi connectivity index (χ1) is 11.6. The molecule has 0 aliphatic heterocycles. The maximum Gasteiger partial charge on any atom is 0.307 e. The number of benzene rings is 1. The van der Waals surface area contributed by atoms with Crippen molar-refractivity contribution in [1.82, 2.24) is 20.0 Å². The molecule has 7 nitrogen and oxygen atoms in total. The van der Waals surface area contributed by atoms with Gasteiger partial charge in [0.05, 0.1) is 36.2 Å². The van der Waals surface area contributed by atoms with Crippen LogP contribution in [0, 0.1) is 6.92 Å². The van der Waals surface area contributed by atoms with Crippen LogP contribution >= 0.6 is 11.3 Å². The number of thiazole rings is 1. The summed E-state index contributed by atoms with van der Waals surface area (Å²) in [5.41, 5.74) is 3.03. The van der Waals surface area contributed by atoms with Gasteiger partial charge in [-0.15, -0.1) is 16.4 Å². The van der Waals surface area contributed by atoms with Crippen LogP contribution in [-0.2, 0) is 22.5 Å². The number of aromatic nitrogens is 4. The molecule has 0 radical (unpaired) electrons. The van der Waals surface area contributed by atoms with E-state index in [-0.39, 0.29) is 24.5 Å². The van der Waals surface area contributed by atoms with Crippen molar-refractivity contribution in [1.29, 1.82) is 0 Å². The Bertz CT molecular complexity index is 919. The fraction of sp³-hybridized carbons (Fsp3) is 0.312. The quantitative estimate of drug-likeness (QED) is 0.633. The molecule has 0 N–H and O–H groups in total. The summed E-state index contributed by atoms with van der Waals surface area (Å²) in [6.45, 7) is 2.38. The molecule has 2 aromatic heterocycles. The number of nitrogens with zero attached hydrogens (tertiary/aromatic N) is 4. The predicted octanol–water partition coefficient (Wildman–Crippen LogP) is 1.73. The van der Waals surface area contributed by atoms with Crippen LogP contribution in [-0.4, -0.2) is 32.6 Å². The van der Waals surface area contributed by atoms with Gasteiger partial charge in [-0.25, -0.2) is 9.67 Å². The van der Waals surface area contributed by atoms with E-state index in [0.29, 0.717) is 23.9 Å². The lowest BCUT2D eigenvalue weighted by molar-refractivity contribution is -0.143. The van der Waals surface area contributed by atoms with Crippen LogP contribution in [0.3, 0.4) is 0 Å².